The summed E-state index contributed by atoms with van der Waals surface area (Å²) >= 11 is 0. The Morgan fingerprint density at radius 3 is 2.21 bits per heavy atom. The van der Waals surface area contributed by atoms with Crippen LogP contribution >= 0.6 is 0 Å². The summed E-state index contributed by atoms with van der Waals surface area (Å²) in [6, 6.07) is 0. The van der Waals surface area contributed by atoms with Crippen LogP contribution in [0.15, 0.2) is 0 Å². The number of carbonyl (C=O) groups excluding carboxylic acids is 2. The van der Waals surface area contributed by atoms with E-state index < -0.39 is 12.1 Å². The van der Waals surface area contributed by atoms with Gasteiger partial charge in [0.05, 0.1) is 6.54 Å². The van der Waals surface area contributed by atoms with E-state index in [2.05, 4.69) is 15.4 Å². The Kier molecular flexibility index (Phi) is 9.42. The number of nitrogens with one attached hydrogen (secondary N) is 2. The van der Waals surface area contributed by atoms with E-state index in [9.17, 15) is 14.4 Å². The van der Waals surface area contributed by atoms with Crippen molar-refractivity contribution in [1.82, 2.24) is 10.6 Å². The van der Waals surface area contributed by atoms with Crippen molar-refractivity contribution in [3.63, 3.8) is 0 Å². The van der Waals surface area contributed by atoms with Crippen LogP contribution in [0.3, 0.4) is 0 Å². The number of carbonyl (C=O) groups is 3. The molecule has 7 heteroatoms. The fourth-order valence-electron chi connectivity index (χ4n) is 1.33. The van der Waals surface area contributed by atoms with Crippen LogP contribution in [0.1, 0.15) is 32.6 Å². The minimum atomic E-state index is -1.12. The van der Waals surface area contributed by atoms with E-state index in [1.54, 1.807) is 0 Å². The number of hydrogen-bond donors (Lipinski definition) is 3. The van der Waals surface area contributed by atoms with E-state index in [-0.39, 0.29) is 24.8 Å². The smallest absolute Gasteiger partial charge is 0.334 e. The Morgan fingerprint density at radius 1 is 1.16 bits per heavy atom. The summed E-state index contributed by atoms with van der Waals surface area (Å²) in [5.74, 6) is -1.48. The zero-order valence-electron chi connectivity index (χ0n) is 11.4. The van der Waals surface area contributed by atoms with E-state index in [4.69, 9.17) is 5.11 Å². The fourth-order valence-corrected chi connectivity index (χ4v) is 1.33. The first-order chi connectivity index (χ1) is 9.01. The maximum atomic E-state index is 11.4. The van der Waals surface area contributed by atoms with Crippen molar-refractivity contribution in [2.24, 2.45) is 0 Å². The molecule has 0 saturated carbocycles. The monoisotopic (exact) mass is 274 g/mol. The minimum absolute atomic E-state index is 0.0741. The van der Waals surface area contributed by atoms with Crippen LogP contribution < -0.4 is 10.6 Å². The molecule has 0 spiro atoms. The third-order valence-corrected chi connectivity index (χ3v) is 2.42. The van der Waals surface area contributed by atoms with Crippen LogP contribution in [-0.2, 0) is 19.1 Å². The predicted octanol–water partition coefficient (Wildman–Crippen LogP) is -0.101. The van der Waals surface area contributed by atoms with Crippen molar-refractivity contribution < 1.29 is 24.2 Å². The molecule has 3 N–H and O–H groups in total. The summed E-state index contributed by atoms with van der Waals surface area (Å²) in [5, 5.41) is 13.9. The highest BCUT2D eigenvalue weighted by molar-refractivity contribution is 5.79. The molecule has 0 fully saturated rings. The normalized spacial score (nSPS) is 11.7. The molecule has 110 valence electrons. The van der Waals surface area contributed by atoms with Gasteiger partial charge in [0, 0.05) is 26.5 Å². The van der Waals surface area contributed by atoms with E-state index in [0.29, 0.717) is 19.4 Å². The van der Waals surface area contributed by atoms with Crippen LogP contribution in [-0.4, -0.2) is 49.2 Å². The number of ether oxygens (including phenoxy) is 1. The molecule has 0 bridgehead atoms. The molecular formula is C12H22N2O5. The van der Waals surface area contributed by atoms with Gasteiger partial charge >= 0.3 is 5.97 Å². The average molecular weight is 274 g/mol. The standard InChI is InChI=1S/C12H22N2O5/c1-3-7-13-10(15)5-4-6-11(16)14-8-9(19-2)12(17)18/h9H,3-8H2,1-2H3,(H,13,15)(H,14,16)(H,17,18). The van der Waals surface area contributed by atoms with Gasteiger partial charge in [-0.15, -0.1) is 0 Å². The quantitative estimate of drug-likeness (QED) is 0.516. The van der Waals surface area contributed by atoms with Gasteiger partial charge in [0.25, 0.3) is 0 Å². The number of methoxy groups -OCH3 is 1. The van der Waals surface area contributed by atoms with Gasteiger partial charge in [0.2, 0.25) is 11.8 Å². The average Bonchev–Trinajstić information content (AvgIpc) is 2.36. The number of aliphatic carboxylic acids is 1. The molecular weight excluding hydrogens is 252 g/mol. The van der Waals surface area contributed by atoms with Gasteiger partial charge in [0.15, 0.2) is 6.10 Å². The number of amides is 2. The number of carboxylic acid groups (broad SMARTS) is 1. The molecule has 0 aromatic rings. The Bertz CT molecular complexity index is 306. The second-order valence-corrected chi connectivity index (χ2v) is 4.07. The highest BCUT2D eigenvalue weighted by atomic mass is 16.5. The summed E-state index contributed by atoms with van der Waals surface area (Å²) in [7, 11) is 1.27. The van der Waals surface area contributed by atoms with E-state index in [1.807, 2.05) is 6.92 Å². The van der Waals surface area contributed by atoms with Crippen LogP contribution in [0.5, 0.6) is 0 Å². The van der Waals surface area contributed by atoms with Crippen molar-refractivity contribution in [2.75, 3.05) is 20.2 Å². The largest absolute Gasteiger partial charge is 0.479 e. The molecule has 1 atom stereocenters. The topological polar surface area (TPSA) is 105 Å². The molecule has 7 nitrogen and oxygen atoms in total. The van der Waals surface area contributed by atoms with E-state index in [0.717, 1.165) is 6.42 Å². The van der Waals surface area contributed by atoms with E-state index >= 15 is 0 Å². The minimum Gasteiger partial charge on any atom is -0.479 e. The SMILES string of the molecule is CCCNC(=O)CCCC(=O)NCC(OC)C(=O)O. The van der Waals surface area contributed by atoms with Gasteiger partial charge < -0.3 is 20.5 Å². The van der Waals surface area contributed by atoms with Gasteiger partial charge in [-0.25, -0.2) is 4.79 Å². The maximum absolute atomic E-state index is 11.4. The maximum Gasteiger partial charge on any atom is 0.334 e. The molecule has 0 aliphatic rings. The van der Waals surface area contributed by atoms with Crippen molar-refractivity contribution in [3.05, 3.63) is 0 Å². The van der Waals surface area contributed by atoms with E-state index in [1.165, 1.54) is 7.11 Å². The molecule has 0 aromatic carbocycles. The predicted molar refractivity (Wildman–Crippen MR) is 68.6 cm³/mol. The highest BCUT2D eigenvalue weighted by Crippen LogP contribution is 1.96. The summed E-state index contributed by atoms with van der Waals surface area (Å²) in [6.07, 6.45) is 0.749. The fraction of sp³-hybridized carbons (Fsp3) is 0.750. The zero-order valence-corrected chi connectivity index (χ0v) is 11.4. The first kappa shape index (κ1) is 17.4. The van der Waals surface area contributed by atoms with Crippen molar-refractivity contribution in [3.8, 4) is 0 Å². The molecule has 0 rings (SSSR count). The lowest BCUT2D eigenvalue weighted by molar-refractivity contribution is -0.148. The molecule has 0 aliphatic heterocycles. The van der Waals surface area contributed by atoms with Crippen LogP contribution in [0.2, 0.25) is 0 Å². The molecule has 0 aromatic heterocycles. The summed E-state index contributed by atoms with van der Waals surface area (Å²) in [4.78, 5) is 33.3. The Hall–Kier alpha value is -1.63. The third-order valence-electron chi connectivity index (χ3n) is 2.42. The Morgan fingerprint density at radius 2 is 1.74 bits per heavy atom. The first-order valence-corrected chi connectivity index (χ1v) is 6.30. The number of carboxylic acids is 1. The number of hydrogen-bond acceptors (Lipinski definition) is 4. The second kappa shape index (κ2) is 10.3. The Labute approximate surface area is 112 Å². The van der Waals surface area contributed by atoms with Gasteiger partial charge in [0.1, 0.15) is 0 Å². The summed E-state index contributed by atoms with van der Waals surface area (Å²) in [6.45, 7) is 2.52. The van der Waals surface area contributed by atoms with Crippen molar-refractivity contribution in [1.29, 1.82) is 0 Å². The lowest BCUT2D eigenvalue weighted by atomic mass is 10.2. The van der Waals surface area contributed by atoms with Gasteiger partial charge in [-0.1, -0.05) is 6.92 Å². The van der Waals surface area contributed by atoms with Crippen LogP contribution in [0, 0.1) is 0 Å². The van der Waals surface area contributed by atoms with Gasteiger partial charge in [-0.2, -0.15) is 0 Å². The molecule has 2 amide bonds. The van der Waals surface area contributed by atoms with Crippen LogP contribution in [0.25, 0.3) is 0 Å². The molecule has 19 heavy (non-hydrogen) atoms. The van der Waals surface area contributed by atoms with Crippen molar-refractivity contribution >= 4 is 17.8 Å². The van der Waals surface area contributed by atoms with Crippen molar-refractivity contribution in [2.45, 2.75) is 38.7 Å². The van der Waals surface area contributed by atoms with Gasteiger partial charge in [-0.3, -0.25) is 9.59 Å². The first-order valence-electron chi connectivity index (χ1n) is 6.30. The molecule has 0 aliphatic carbocycles. The number of rotatable bonds is 10. The molecule has 0 heterocycles. The molecule has 0 radical (unpaired) electrons. The summed E-state index contributed by atoms with van der Waals surface area (Å²) < 4.78 is 4.67. The molecule has 0 saturated heterocycles. The highest BCUT2D eigenvalue weighted by Gasteiger charge is 2.16. The van der Waals surface area contributed by atoms with Gasteiger partial charge in [-0.05, 0) is 12.8 Å². The lowest BCUT2D eigenvalue weighted by Crippen LogP contribution is -2.37. The zero-order chi connectivity index (χ0) is 14.7. The lowest BCUT2D eigenvalue weighted by Gasteiger charge is -2.11. The second-order valence-electron chi connectivity index (χ2n) is 4.07. The third kappa shape index (κ3) is 9.01. The van der Waals surface area contributed by atoms with Crippen LogP contribution in [0.4, 0.5) is 0 Å². The molecule has 1 unspecified atom stereocenters. The Balaban J connectivity index is 3.70. The summed E-state index contributed by atoms with van der Waals surface area (Å²) in [5.41, 5.74) is 0.